The molecule has 0 aliphatic heterocycles. The van der Waals surface area contributed by atoms with Crippen LogP contribution in [0.4, 0.5) is 5.69 Å². The molecule has 0 saturated heterocycles. The topological polar surface area (TPSA) is 68.0 Å². The number of carbonyl (C=O) groups is 1. The number of carbonyl (C=O) groups excluding carboxylic acids is 1. The van der Waals surface area contributed by atoms with Crippen LogP contribution in [0.15, 0.2) is 36.5 Å². The van der Waals surface area contributed by atoms with Gasteiger partial charge < -0.3 is 11.1 Å². The van der Waals surface area contributed by atoms with Gasteiger partial charge in [-0.05, 0) is 36.5 Å². The van der Waals surface area contributed by atoms with E-state index in [1.54, 1.807) is 0 Å². The lowest BCUT2D eigenvalue weighted by atomic mass is 9.87. The van der Waals surface area contributed by atoms with E-state index in [4.69, 9.17) is 17.3 Å². The Balaban J connectivity index is 1.84. The number of hydrogen-bond acceptors (Lipinski definition) is 3. The Kier molecular flexibility index (Phi) is 3.80. The Labute approximate surface area is 128 Å². The number of fused-ring (bicyclic) bond motifs is 1. The fourth-order valence-corrected chi connectivity index (χ4v) is 2.93. The van der Waals surface area contributed by atoms with Crippen molar-refractivity contribution in [1.82, 2.24) is 10.3 Å². The lowest BCUT2D eigenvalue weighted by Crippen LogP contribution is -2.31. The number of amides is 1. The van der Waals surface area contributed by atoms with E-state index in [1.165, 1.54) is 23.4 Å². The van der Waals surface area contributed by atoms with E-state index in [-0.39, 0.29) is 17.1 Å². The molecule has 2 aromatic rings. The molecule has 1 atom stereocenters. The molecule has 1 unspecified atom stereocenters. The van der Waals surface area contributed by atoms with Gasteiger partial charge in [-0.25, -0.2) is 4.98 Å². The zero-order valence-electron chi connectivity index (χ0n) is 11.5. The molecule has 3 rings (SSSR count). The summed E-state index contributed by atoms with van der Waals surface area (Å²) in [5.74, 6) is -0.210. The first-order chi connectivity index (χ1) is 10.1. The predicted octanol–water partition coefficient (Wildman–Crippen LogP) is 3.12. The molecule has 1 aromatic carbocycles. The van der Waals surface area contributed by atoms with Gasteiger partial charge in [0, 0.05) is 0 Å². The van der Waals surface area contributed by atoms with Gasteiger partial charge >= 0.3 is 0 Å². The average molecular weight is 302 g/mol. The van der Waals surface area contributed by atoms with Crippen molar-refractivity contribution in [2.24, 2.45) is 0 Å². The molecule has 0 saturated carbocycles. The summed E-state index contributed by atoms with van der Waals surface area (Å²) in [4.78, 5) is 16.3. The van der Waals surface area contributed by atoms with Gasteiger partial charge in [-0.15, -0.1) is 0 Å². The van der Waals surface area contributed by atoms with Crippen molar-refractivity contribution in [1.29, 1.82) is 0 Å². The number of nitrogens with zero attached hydrogens (tertiary/aromatic N) is 1. The summed E-state index contributed by atoms with van der Waals surface area (Å²) in [6.45, 7) is 0. The number of aromatic nitrogens is 1. The molecular weight excluding hydrogens is 286 g/mol. The van der Waals surface area contributed by atoms with Gasteiger partial charge in [0.25, 0.3) is 5.91 Å². The van der Waals surface area contributed by atoms with Gasteiger partial charge in [0.2, 0.25) is 0 Å². The lowest BCUT2D eigenvalue weighted by molar-refractivity contribution is 0.0933. The van der Waals surface area contributed by atoms with E-state index >= 15 is 0 Å². The van der Waals surface area contributed by atoms with Crippen LogP contribution in [0.1, 0.15) is 40.4 Å². The van der Waals surface area contributed by atoms with Crippen molar-refractivity contribution in [2.75, 3.05) is 5.73 Å². The minimum absolute atomic E-state index is 0.0220. The van der Waals surface area contributed by atoms with Crippen molar-refractivity contribution < 1.29 is 4.79 Å². The second-order valence-electron chi connectivity index (χ2n) is 5.21. The third kappa shape index (κ3) is 2.85. The third-order valence-electron chi connectivity index (χ3n) is 3.82. The number of benzene rings is 1. The van der Waals surface area contributed by atoms with Crippen LogP contribution >= 0.6 is 11.6 Å². The molecule has 108 valence electrons. The highest BCUT2D eigenvalue weighted by Gasteiger charge is 2.22. The Morgan fingerprint density at radius 1 is 1.38 bits per heavy atom. The number of nitrogens with two attached hydrogens (primary N) is 1. The van der Waals surface area contributed by atoms with Crippen molar-refractivity contribution in [3.63, 3.8) is 0 Å². The molecule has 0 bridgehead atoms. The van der Waals surface area contributed by atoms with Crippen molar-refractivity contribution in [3.8, 4) is 0 Å². The number of pyridine rings is 1. The van der Waals surface area contributed by atoms with Crippen LogP contribution in [-0.4, -0.2) is 10.9 Å². The smallest absolute Gasteiger partial charge is 0.254 e. The summed E-state index contributed by atoms with van der Waals surface area (Å²) in [5, 5.41) is 3.32. The Morgan fingerprint density at radius 3 is 3.05 bits per heavy atom. The van der Waals surface area contributed by atoms with E-state index in [0.717, 1.165) is 19.3 Å². The first-order valence-corrected chi connectivity index (χ1v) is 7.32. The van der Waals surface area contributed by atoms with E-state index < -0.39 is 0 Å². The molecule has 0 spiro atoms. The fraction of sp³-hybridized carbons (Fsp3) is 0.250. The number of nitrogen functional groups attached to an aromatic ring is 1. The Hall–Kier alpha value is -2.07. The summed E-state index contributed by atoms with van der Waals surface area (Å²) >= 11 is 5.84. The Bertz CT molecular complexity index is 687. The fourth-order valence-electron chi connectivity index (χ4n) is 2.78. The van der Waals surface area contributed by atoms with E-state index in [0.29, 0.717) is 11.3 Å². The van der Waals surface area contributed by atoms with Gasteiger partial charge in [-0.1, -0.05) is 35.9 Å². The van der Waals surface area contributed by atoms with Gasteiger partial charge in [0.1, 0.15) is 5.15 Å². The quantitative estimate of drug-likeness (QED) is 0.837. The summed E-state index contributed by atoms with van der Waals surface area (Å²) in [7, 11) is 0. The number of halogens is 1. The molecule has 1 aliphatic carbocycles. The largest absolute Gasteiger partial charge is 0.397 e. The van der Waals surface area contributed by atoms with Gasteiger partial charge in [-0.3, -0.25) is 4.79 Å². The molecule has 21 heavy (non-hydrogen) atoms. The first-order valence-electron chi connectivity index (χ1n) is 6.95. The summed E-state index contributed by atoms with van der Waals surface area (Å²) in [6, 6.07) is 9.74. The predicted molar refractivity (Wildman–Crippen MR) is 83.2 cm³/mol. The highest BCUT2D eigenvalue weighted by Crippen LogP contribution is 2.30. The maximum atomic E-state index is 12.4. The van der Waals surface area contributed by atoms with Crippen LogP contribution in [-0.2, 0) is 6.42 Å². The van der Waals surface area contributed by atoms with E-state index in [1.807, 2.05) is 12.1 Å². The van der Waals surface area contributed by atoms with E-state index in [9.17, 15) is 4.79 Å². The molecule has 4 nitrogen and oxygen atoms in total. The third-order valence-corrected chi connectivity index (χ3v) is 4.03. The van der Waals surface area contributed by atoms with Crippen molar-refractivity contribution >= 4 is 23.2 Å². The molecular formula is C16H16ClN3O. The lowest BCUT2D eigenvalue weighted by Gasteiger charge is -2.26. The number of hydrogen-bond donors (Lipinski definition) is 2. The molecule has 1 aliphatic rings. The van der Waals surface area contributed by atoms with Crippen LogP contribution in [0, 0.1) is 0 Å². The molecule has 1 aromatic heterocycles. The minimum Gasteiger partial charge on any atom is -0.397 e. The highest BCUT2D eigenvalue weighted by atomic mass is 35.5. The van der Waals surface area contributed by atoms with Gasteiger partial charge in [-0.2, -0.15) is 0 Å². The minimum atomic E-state index is -0.210. The Morgan fingerprint density at radius 2 is 2.19 bits per heavy atom. The average Bonchev–Trinajstić information content (AvgIpc) is 2.50. The van der Waals surface area contributed by atoms with Crippen molar-refractivity contribution in [3.05, 3.63) is 58.4 Å². The standard InChI is InChI=1S/C16H16ClN3O/c17-15-8-12(13(18)9-19-15)16(21)20-14-7-3-5-10-4-1-2-6-11(10)14/h1-2,4,6,8-9,14H,3,5,7,18H2,(H,20,21). The normalized spacial score (nSPS) is 17.1. The van der Waals surface area contributed by atoms with Crippen LogP contribution in [0.2, 0.25) is 5.15 Å². The molecule has 0 radical (unpaired) electrons. The molecule has 5 heteroatoms. The van der Waals surface area contributed by atoms with Crippen LogP contribution in [0.25, 0.3) is 0 Å². The highest BCUT2D eigenvalue weighted by molar-refractivity contribution is 6.29. The maximum absolute atomic E-state index is 12.4. The number of aryl methyl sites for hydroxylation is 1. The molecule has 3 N–H and O–H groups in total. The molecule has 1 amide bonds. The number of nitrogens with one attached hydrogen (secondary N) is 1. The molecule has 1 heterocycles. The zero-order chi connectivity index (χ0) is 14.8. The van der Waals surface area contributed by atoms with E-state index in [2.05, 4.69) is 22.4 Å². The summed E-state index contributed by atoms with van der Waals surface area (Å²) in [5.41, 5.74) is 9.01. The van der Waals surface area contributed by atoms with Gasteiger partial charge in [0.15, 0.2) is 0 Å². The molecule has 0 fully saturated rings. The monoisotopic (exact) mass is 301 g/mol. The summed E-state index contributed by atoms with van der Waals surface area (Å²) < 4.78 is 0. The second-order valence-corrected chi connectivity index (χ2v) is 5.60. The number of rotatable bonds is 2. The SMILES string of the molecule is Nc1cnc(Cl)cc1C(=O)NC1CCCc2ccccc21. The van der Waals surface area contributed by atoms with Crippen molar-refractivity contribution in [2.45, 2.75) is 25.3 Å². The van der Waals surface area contributed by atoms with Gasteiger partial charge in [0.05, 0.1) is 23.5 Å². The van der Waals surface area contributed by atoms with Crippen LogP contribution < -0.4 is 11.1 Å². The second kappa shape index (κ2) is 5.74. The van der Waals surface area contributed by atoms with Crippen LogP contribution in [0.3, 0.4) is 0 Å². The summed E-state index contributed by atoms with van der Waals surface area (Å²) in [6.07, 6.45) is 4.47. The number of anilines is 1. The van der Waals surface area contributed by atoms with Crippen LogP contribution in [0.5, 0.6) is 0 Å². The maximum Gasteiger partial charge on any atom is 0.254 e. The first kappa shape index (κ1) is 13.9. The zero-order valence-corrected chi connectivity index (χ0v) is 12.2.